The van der Waals surface area contributed by atoms with Crippen molar-refractivity contribution in [1.82, 2.24) is 4.90 Å². The summed E-state index contributed by atoms with van der Waals surface area (Å²) in [5.74, 6) is -0.173. The molecule has 0 aliphatic carbocycles. The topological polar surface area (TPSA) is 49.4 Å². The third kappa shape index (κ3) is 2.90. The Morgan fingerprint density at radius 3 is 2.64 bits per heavy atom. The van der Waals surface area contributed by atoms with Crippen LogP contribution in [-0.4, -0.2) is 29.8 Å². The highest BCUT2D eigenvalue weighted by Gasteiger charge is 2.23. The maximum atomic E-state index is 12.7. The molecule has 1 fully saturated rings. The van der Waals surface area contributed by atoms with Crippen LogP contribution in [0.5, 0.6) is 0 Å². The van der Waals surface area contributed by atoms with E-state index < -0.39 is 0 Å². The van der Waals surface area contributed by atoms with Gasteiger partial charge in [0, 0.05) is 18.5 Å². The predicted octanol–water partition coefficient (Wildman–Crippen LogP) is 3.54. The fourth-order valence-corrected chi connectivity index (χ4v) is 3.32. The Kier molecular flexibility index (Phi) is 4.24. The molecule has 1 aliphatic rings. The van der Waals surface area contributed by atoms with Crippen LogP contribution in [0.3, 0.4) is 0 Å². The minimum Gasteiger partial charge on any atom is -0.339 e. The smallest absolute Gasteiger partial charge is 0.256 e. The number of hydrogen-bond donors (Lipinski definition) is 1. The van der Waals surface area contributed by atoms with Crippen molar-refractivity contribution in [2.45, 2.75) is 19.8 Å². The van der Waals surface area contributed by atoms with Gasteiger partial charge in [-0.05, 0) is 42.8 Å². The first-order chi connectivity index (χ1) is 10.7. The molecule has 1 aromatic carbocycles. The second kappa shape index (κ2) is 6.32. The third-order valence-corrected chi connectivity index (χ3v) is 4.60. The first-order valence-electron chi connectivity index (χ1n) is 7.39. The molecule has 1 aliphatic heterocycles. The van der Waals surface area contributed by atoms with E-state index in [0.29, 0.717) is 16.8 Å². The molecule has 1 aromatic heterocycles. The lowest BCUT2D eigenvalue weighted by Crippen LogP contribution is -2.29. The van der Waals surface area contributed by atoms with E-state index in [-0.39, 0.29) is 11.8 Å². The largest absolute Gasteiger partial charge is 0.339 e. The lowest BCUT2D eigenvalue weighted by atomic mass is 10.1. The van der Waals surface area contributed by atoms with Gasteiger partial charge in [-0.15, -0.1) is 0 Å². The van der Waals surface area contributed by atoms with Gasteiger partial charge in [0.05, 0.1) is 16.8 Å². The van der Waals surface area contributed by atoms with E-state index in [4.69, 9.17) is 0 Å². The zero-order valence-electron chi connectivity index (χ0n) is 12.5. The number of rotatable bonds is 3. The highest BCUT2D eigenvalue weighted by molar-refractivity contribution is 7.08. The molecule has 0 atom stereocenters. The maximum Gasteiger partial charge on any atom is 0.256 e. The molecule has 4 nitrogen and oxygen atoms in total. The fourth-order valence-electron chi connectivity index (χ4n) is 2.68. The van der Waals surface area contributed by atoms with E-state index in [2.05, 4.69) is 5.32 Å². The van der Waals surface area contributed by atoms with Crippen molar-refractivity contribution in [2.24, 2.45) is 0 Å². The summed E-state index contributed by atoms with van der Waals surface area (Å²) < 4.78 is 0. The number of nitrogens with one attached hydrogen (secondary N) is 1. The monoisotopic (exact) mass is 314 g/mol. The Bertz CT molecular complexity index is 689. The normalized spacial score (nSPS) is 14.1. The number of amides is 2. The number of likely N-dealkylation sites (tertiary alicyclic amines) is 1. The summed E-state index contributed by atoms with van der Waals surface area (Å²) in [4.78, 5) is 26.8. The van der Waals surface area contributed by atoms with E-state index in [1.165, 1.54) is 11.3 Å². The maximum absolute atomic E-state index is 12.7. The Hall–Kier alpha value is -2.14. The van der Waals surface area contributed by atoms with Gasteiger partial charge < -0.3 is 10.2 Å². The molecule has 22 heavy (non-hydrogen) atoms. The van der Waals surface area contributed by atoms with Crippen LogP contribution in [0.1, 0.15) is 39.1 Å². The summed E-state index contributed by atoms with van der Waals surface area (Å²) in [5, 5.41) is 6.57. The highest BCUT2D eigenvalue weighted by Crippen LogP contribution is 2.24. The first kappa shape index (κ1) is 14.8. The molecule has 3 rings (SSSR count). The quantitative estimate of drug-likeness (QED) is 0.942. The van der Waals surface area contributed by atoms with Gasteiger partial charge in [-0.2, -0.15) is 11.3 Å². The summed E-state index contributed by atoms with van der Waals surface area (Å²) >= 11 is 1.48. The summed E-state index contributed by atoms with van der Waals surface area (Å²) in [6.45, 7) is 3.50. The standard InChI is InChI=1S/C17H18N2O2S/c1-12-5-4-6-14(17(21)19-8-2-3-9-19)15(12)18-16(20)13-7-10-22-11-13/h4-7,10-11H,2-3,8-9H2,1H3,(H,18,20). The second-order valence-corrected chi connectivity index (χ2v) is 6.24. The molecule has 0 bridgehead atoms. The number of para-hydroxylation sites is 1. The zero-order valence-corrected chi connectivity index (χ0v) is 13.3. The number of thiophene rings is 1. The van der Waals surface area contributed by atoms with E-state index in [1.807, 2.05) is 29.3 Å². The van der Waals surface area contributed by atoms with Crippen LogP contribution in [0.25, 0.3) is 0 Å². The number of hydrogen-bond acceptors (Lipinski definition) is 3. The van der Waals surface area contributed by atoms with Crippen molar-refractivity contribution in [3.8, 4) is 0 Å². The zero-order chi connectivity index (χ0) is 15.5. The van der Waals surface area contributed by atoms with Crippen LogP contribution in [0, 0.1) is 6.92 Å². The van der Waals surface area contributed by atoms with Gasteiger partial charge in [0.2, 0.25) is 0 Å². The second-order valence-electron chi connectivity index (χ2n) is 5.46. The molecular formula is C17H18N2O2S. The van der Waals surface area contributed by atoms with Gasteiger partial charge in [-0.1, -0.05) is 12.1 Å². The van der Waals surface area contributed by atoms with Crippen molar-refractivity contribution < 1.29 is 9.59 Å². The van der Waals surface area contributed by atoms with Gasteiger partial charge >= 0.3 is 0 Å². The van der Waals surface area contributed by atoms with Crippen LogP contribution in [0.15, 0.2) is 35.0 Å². The number of aryl methyl sites for hydroxylation is 1. The molecule has 5 heteroatoms. The van der Waals surface area contributed by atoms with Gasteiger partial charge in [-0.3, -0.25) is 9.59 Å². The summed E-state index contributed by atoms with van der Waals surface area (Å²) in [7, 11) is 0. The number of anilines is 1. The van der Waals surface area contributed by atoms with Gasteiger partial charge in [-0.25, -0.2) is 0 Å². The van der Waals surface area contributed by atoms with E-state index >= 15 is 0 Å². The van der Waals surface area contributed by atoms with Gasteiger partial charge in [0.15, 0.2) is 0 Å². The van der Waals surface area contributed by atoms with Crippen molar-refractivity contribution in [3.63, 3.8) is 0 Å². The molecule has 2 aromatic rings. The third-order valence-electron chi connectivity index (χ3n) is 3.92. The van der Waals surface area contributed by atoms with E-state index in [1.54, 1.807) is 17.5 Å². The molecule has 0 saturated carbocycles. The molecule has 0 unspecified atom stereocenters. The minimum absolute atomic E-state index is 0.00168. The van der Waals surface area contributed by atoms with Crippen molar-refractivity contribution >= 4 is 28.8 Å². The SMILES string of the molecule is Cc1cccc(C(=O)N2CCCC2)c1NC(=O)c1ccsc1. The fraction of sp³-hybridized carbons (Fsp3) is 0.294. The molecule has 2 heterocycles. The van der Waals surface area contributed by atoms with Crippen molar-refractivity contribution in [3.05, 3.63) is 51.7 Å². The summed E-state index contributed by atoms with van der Waals surface area (Å²) in [5.41, 5.74) is 2.71. The number of carbonyl (C=O) groups is 2. The average Bonchev–Trinajstić information content (AvgIpc) is 3.22. The first-order valence-corrected chi connectivity index (χ1v) is 8.33. The van der Waals surface area contributed by atoms with Crippen LogP contribution < -0.4 is 5.32 Å². The number of carbonyl (C=O) groups excluding carboxylic acids is 2. The van der Waals surface area contributed by atoms with Crippen LogP contribution in [-0.2, 0) is 0 Å². The van der Waals surface area contributed by atoms with Gasteiger partial charge in [0.1, 0.15) is 0 Å². The van der Waals surface area contributed by atoms with Crippen LogP contribution >= 0.6 is 11.3 Å². The van der Waals surface area contributed by atoms with Crippen molar-refractivity contribution in [2.75, 3.05) is 18.4 Å². The van der Waals surface area contributed by atoms with Crippen LogP contribution in [0.2, 0.25) is 0 Å². The molecule has 0 radical (unpaired) electrons. The van der Waals surface area contributed by atoms with E-state index in [9.17, 15) is 9.59 Å². The Labute approximate surface area is 133 Å². The Morgan fingerprint density at radius 1 is 1.18 bits per heavy atom. The molecule has 0 spiro atoms. The highest BCUT2D eigenvalue weighted by atomic mass is 32.1. The Morgan fingerprint density at radius 2 is 1.95 bits per heavy atom. The summed E-state index contributed by atoms with van der Waals surface area (Å²) in [6, 6.07) is 7.33. The molecule has 1 saturated heterocycles. The van der Waals surface area contributed by atoms with Crippen LogP contribution in [0.4, 0.5) is 5.69 Å². The minimum atomic E-state index is -0.175. The van der Waals surface area contributed by atoms with Crippen molar-refractivity contribution in [1.29, 1.82) is 0 Å². The average molecular weight is 314 g/mol. The molecule has 114 valence electrons. The van der Waals surface area contributed by atoms with Gasteiger partial charge in [0.25, 0.3) is 11.8 Å². The Balaban J connectivity index is 1.89. The molecular weight excluding hydrogens is 296 g/mol. The molecule has 2 amide bonds. The van der Waals surface area contributed by atoms with E-state index in [0.717, 1.165) is 31.5 Å². The lowest BCUT2D eigenvalue weighted by Gasteiger charge is -2.19. The molecule has 1 N–H and O–H groups in total. The summed E-state index contributed by atoms with van der Waals surface area (Å²) in [6.07, 6.45) is 2.10. The predicted molar refractivity (Wildman–Crippen MR) is 88.6 cm³/mol. The number of nitrogens with zero attached hydrogens (tertiary/aromatic N) is 1. The lowest BCUT2D eigenvalue weighted by molar-refractivity contribution is 0.0794. The number of benzene rings is 1.